The minimum Gasteiger partial charge on any atom is -0.493 e. The second kappa shape index (κ2) is 8.28. The quantitative estimate of drug-likeness (QED) is 0.330. The fourth-order valence-electron chi connectivity index (χ4n) is 2.59. The Hall–Kier alpha value is -2.77. The summed E-state index contributed by atoms with van der Waals surface area (Å²) in [5.74, 6) is 1.20. The Morgan fingerprint density at radius 2 is 2.07 bits per heavy atom. The molecule has 0 radical (unpaired) electrons. The molecule has 1 aromatic heterocycles. The standard InChI is InChI=1S/C18H15Cl2N3O4/c1-26-16-8-13-14(9-17(16)27-6-5-19)21-10-15(23(24)25)18(13)22-12-4-2-3-11(20)7-12/h2-4,7-10H,5-6H2,1H3,(H,21,22). The van der Waals surface area contributed by atoms with Gasteiger partial charge in [-0.05, 0) is 24.3 Å². The van der Waals surface area contributed by atoms with Crippen LogP contribution in [-0.4, -0.2) is 29.5 Å². The third kappa shape index (κ3) is 4.15. The van der Waals surface area contributed by atoms with E-state index in [2.05, 4.69) is 10.3 Å². The van der Waals surface area contributed by atoms with Crippen LogP contribution in [0, 0.1) is 10.1 Å². The number of alkyl halides is 1. The Kier molecular flexibility index (Phi) is 5.83. The largest absolute Gasteiger partial charge is 0.493 e. The minimum absolute atomic E-state index is 0.168. The monoisotopic (exact) mass is 407 g/mol. The molecule has 0 atom stereocenters. The maximum atomic E-state index is 11.5. The van der Waals surface area contributed by atoms with Crippen LogP contribution in [0.1, 0.15) is 0 Å². The summed E-state index contributed by atoms with van der Waals surface area (Å²) in [6, 6.07) is 10.2. The van der Waals surface area contributed by atoms with E-state index >= 15 is 0 Å². The molecule has 27 heavy (non-hydrogen) atoms. The van der Waals surface area contributed by atoms with E-state index in [1.54, 1.807) is 36.4 Å². The van der Waals surface area contributed by atoms with Crippen molar-refractivity contribution < 1.29 is 14.4 Å². The molecule has 9 heteroatoms. The van der Waals surface area contributed by atoms with E-state index in [0.29, 0.717) is 45.6 Å². The number of aromatic nitrogens is 1. The second-order valence-corrected chi connectivity index (χ2v) is 6.28. The predicted molar refractivity (Wildman–Crippen MR) is 106 cm³/mol. The van der Waals surface area contributed by atoms with Gasteiger partial charge in [-0.1, -0.05) is 17.7 Å². The number of pyridine rings is 1. The third-order valence-corrected chi connectivity index (χ3v) is 4.15. The lowest BCUT2D eigenvalue weighted by molar-refractivity contribution is -0.384. The number of ether oxygens (including phenoxy) is 2. The Labute approximate surface area is 165 Å². The Balaban J connectivity index is 2.18. The third-order valence-electron chi connectivity index (χ3n) is 3.76. The van der Waals surface area contributed by atoms with E-state index in [9.17, 15) is 10.1 Å². The lowest BCUT2D eigenvalue weighted by Gasteiger charge is -2.14. The first-order valence-electron chi connectivity index (χ1n) is 7.90. The number of benzene rings is 2. The van der Waals surface area contributed by atoms with Gasteiger partial charge in [0.1, 0.15) is 18.5 Å². The zero-order valence-electron chi connectivity index (χ0n) is 14.2. The number of hydrogen-bond acceptors (Lipinski definition) is 6. The van der Waals surface area contributed by atoms with E-state index in [-0.39, 0.29) is 11.4 Å². The number of rotatable bonds is 7. The molecule has 140 valence electrons. The molecule has 0 fully saturated rings. The number of nitrogens with one attached hydrogen (secondary N) is 1. The van der Waals surface area contributed by atoms with Gasteiger partial charge in [-0.3, -0.25) is 10.1 Å². The maximum absolute atomic E-state index is 11.5. The molecule has 0 unspecified atom stereocenters. The van der Waals surface area contributed by atoms with E-state index in [4.69, 9.17) is 32.7 Å². The Morgan fingerprint density at radius 3 is 2.74 bits per heavy atom. The number of fused-ring (bicyclic) bond motifs is 1. The van der Waals surface area contributed by atoms with Crippen molar-refractivity contribution in [2.24, 2.45) is 0 Å². The van der Waals surface area contributed by atoms with Crippen molar-refractivity contribution >= 4 is 51.2 Å². The summed E-state index contributed by atoms with van der Waals surface area (Å²) in [4.78, 5) is 15.2. The second-order valence-electron chi connectivity index (χ2n) is 5.47. The number of nitro groups is 1. The van der Waals surface area contributed by atoms with Crippen molar-refractivity contribution in [2.45, 2.75) is 0 Å². The molecule has 3 aromatic rings. The molecule has 0 aliphatic carbocycles. The molecule has 0 aliphatic rings. The van der Waals surface area contributed by atoms with Gasteiger partial charge in [0, 0.05) is 22.2 Å². The highest BCUT2D eigenvalue weighted by molar-refractivity contribution is 6.30. The van der Waals surface area contributed by atoms with Crippen molar-refractivity contribution in [3.8, 4) is 11.5 Å². The van der Waals surface area contributed by atoms with Gasteiger partial charge < -0.3 is 14.8 Å². The molecule has 1 heterocycles. The summed E-state index contributed by atoms with van der Waals surface area (Å²) >= 11 is 11.7. The van der Waals surface area contributed by atoms with Crippen molar-refractivity contribution in [3.63, 3.8) is 0 Å². The highest BCUT2D eigenvalue weighted by atomic mass is 35.5. The van der Waals surface area contributed by atoms with Crippen LogP contribution in [0.5, 0.6) is 11.5 Å². The predicted octanol–water partition coefficient (Wildman–Crippen LogP) is 5.17. The highest BCUT2D eigenvalue weighted by Crippen LogP contribution is 2.39. The van der Waals surface area contributed by atoms with Crippen LogP contribution in [-0.2, 0) is 0 Å². The van der Waals surface area contributed by atoms with Gasteiger partial charge in [0.05, 0.1) is 23.4 Å². The van der Waals surface area contributed by atoms with Gasteiger partial charge in [0.25, 0.3) is 0 Å². The molecule has 0 aliphatic heterocycles. The number of halogens is 2. The zero-order chi connectivity index (χ0) is 19.4. The topological polar surface area (TPSA) is 86.5 Å². The summed E-state index contributed by atoms with van der Waals surface area (Å²) in [6.45, 7) is 0.296. The van der Waals surface area contributed by atoms with Crippen molar-refractivity contribution in [1.82, 2.24) is 4.98 Å². The van der Waals surface area contributed by atoms with Gasteiger partial charge in [-0.2, -0.15) is 0 Å². The average Bonchev–Trinajstić information content (AvgIpc) is 2.65. The van der Waals surface area contributed by atoms with Crippen LogP contribution in [0.4, 0.5) is 17.1 Å². The van der Waals surface area contributed by atoms with E-state index < -0.39 is 4.92 Å². The van der Waals surface area contributed by atoms with Crippen LogP contribution >= 0.6 is 23.2 Å². The molecular weight excluding hydrogens is 393 g/mol. The average molecular weight is 408 g/mol. The molecule has 2 aromatic carbocycles. The van der Waals surface area contributed by atoms with Crippen LogP contribution in [0.15, 0.2) is 42.6 Å². The molecular formula is C18H15Cl2N3O4. The highest BCUT2D eigenvalue weighted by Gasteiger charge is 2.21. The summed E-state index contributed by atoms with van der Waals surface area (Å²) in [7, 11) is 1.49. The molecule has 0 bridgehead atoms. The lowest BCUT2D eigenvalue weighted by Crippen LogP contribution is -2.02. The molecule has 7 nitrogen and oxygen atoms in total. The van der Waals surface area contributed by atoms with E-state index in [0.717, 1.165) is 0 Å². The fraction of sp³-hybridized carbons (Fsp3) is 0.167. The summed E-state index contributed by atoms with van der Waals surface area (Å²) in [6.07, 6.45) is 1.20. The first-order valence-corrected chi connectivity index (χ1v) is 8.81. The number of nitrogens with zero attached hydrogens (tertiary/aromatic N) is 2. The van der Waals surface area contributed by atoms with Crippen LogP contribution < -0.4 is 14.8 Å². The van der Waals surface area contributed by atoms with Crippen LogP contribution in [0.25, 0.3) is 10.9 Å². The molecule has 1 N–H and O–H groups in total. The summed E-state index contributed by atoms with van der Waals surface area (Å²) in [5, 5.41) is 15.6. The van der Waals surface area contributed by atoms with E-state index in [1.807, 2.05) is 0 Å². The molecule has 0 saturated carbocycles. The smallest absolute Gasteiger partial charge is 0.311 e. The van der Waals surface area contributed by atoms with Gasteiger partial charge in [0.15, 0.2) is 11.5 Å². The minimum atomic E-state index is -0.496. The summed E-state index contributed by atoms with van der Waals surface area (Å²) in [5.41, 5.74) is 1.24. The SMILES string of the molecule is COc1cc2c(Nc3cccc(Cl)c3)c([N+](=O)[O-])cnc2cc1OCCCl. The fourth-order valence-corrected chi connectivity index (χ4v) is 2.86. The first-order chi connectivity index (χ1) is 13.0. The lowest BCUT2D eigenvalue weighted by atomic mass is 10.1. The van der Waals surface area contributed by atoms with Crippen molar-refractivity contribution in [1.29, 1.82) is 0 Å². The van der Waals surface area contributed by atoms with Gasteiger partial charge in [0.2, 0.25) is 0 Å². The number of hydrogen-bond donors (Lipinski definition) is 1. The van der Waals surface area contributed by atoms with Gasteiger partial charge >= 0.3 is 5.69 Å². The molecule has 3 rings (SSSR count). The summed E-state index contributed by atoms with van der Waals surface area (Å²) < 4.78 is 10.9. The maximum Gasteiger partial charge on any atom is 0.311 e. The normalized spacial score (nSPS) is 10.6. The first kappa shape index (κ1) is 19.0. The van der Waals surface area contributed by atoms with Crippen LogP contribution in [0.2, 0.25) is 5.02 Å². The molecule has 0 amide bonds. The number of methoxy groups -OCH3 is 1. The number of anilines is 2. The van der Waals surface area contributed by atoms with E-state index in [1.165, 1.54) is 13.3 Å². The van der Waals surface area contributed by atoms with Crippen molar-refractivity contribution in [2.75, 3.05) is 24.9 Å². The Bertz CT molecular complexity index is 998. The van der Waals surface area contributed by atoms with Crippen molar-refractivity contribution in [3.05, 3.63) is 57.7 Å². The van der Waals surface area contributed by atoms with Crippen LogP contribution in [0.3, 0.4) is 0 Å². The van der Waals surface area contributed by atoms with Gasteiger partial charge in [-0.25, -0.2) is 4.98 Å². The Morgan fingerprint density at radius 1 is 1.26 bits per heavy atom. The molecule has 0 spiro atoms. The zero-order valence-corrected chi connectivity index (χ0v) is 15.8. The van der Waals surface area contributed by atoms with Gasteiger partial charge in [-0.15, -0.1) is 11.6 Å². The molecule has 0 saturated heterocycles.